The van der Waals surface area contributed by atoms with Crippen molar-refractivity contribution in [2.24, 2.45) is 28.6 Å². The number of fused-ring (bicyclic) bond motifs is 5. The van der Waals surface area contributed by atoms with Crippen LogP contribution in [0.5, 0.6) is 0 Å². The van der Waals surface area contributed by atoms with Gasteiger partial charge in [-0.3, -0.25) is 0 Å². The number of ether oxygens (including phenoxy) is 5. The Kier molecular flexibility index (Phi) is 4.30. The summed E-state index contributed by atoms with van der Waals surface area (Å²) < 4.78 is 32.3. The van der Waals surface area contributed by atoms with Gasteiger partial charge in [0.15, 0.2) is 11.6 Å². The highest BCUT2D eigenvalue weighted by Crippen LogP contribution is 2.81. The van der Waals surface area contributed by atoms with Crippen molar-refractivity contribution in [2.75, 3.05) is 26.4 Å². The topological polar surface area (TPSA) is 69.7 Å². The van der Waals surface area contributed by atoms with E-state index in [0.29, 0.717) is 44.7 Å². The SMILES string of the molecule is C[C@]12C[C@@](O)(c3ccccc3)[C@H]3[C@@H](C[C@]4(C)O[C@@]45CC4(CC[C@]35C)OCCO4)[C@@H]1CCC21OCCO1. The van der Waals surface area contributed by atoms with Crippen molar-refractivity contribution >= 4 is 0 Å². The number of epoxide rings is 1. The van der Waals surface area contributed by atoms with Gasteiger partial charge in [-0.25, -0.2) is 0 Å². The summed E-state index contributed by atoms with van der Waals surface area (Å²) >= 11 is 0. The lowest BCUT2D eigenvalue weighted by molar-refractivity contribution is -0.297. The first-order valence-electron chi connectivity index (χ1n) is 14.2. The summed E-state index contributed by atoms with van der Waals surface area (Å²) in [5.74, 6) is -0.284. The van der Waals surface area contributed by atoms with Crippen molar-refractivity contribution < 1.29 is 28.8 Å². The fourth-order valence-electron chi connectivity index (χ4n) is 11.1. The van der Waals surface area contributed by atoms with E-state index in [1.54, 1.807) is 0 Å². The van der Waals surface area contributed by atoms with Gasteiger partial charge < -0.3 is 28.8 Å². The lowest BCUT2D eigenvalue weighted by atomic mass is 9.38. The predicted molar refractivity (Wildman–Crippen MR) is 131 cm³/mol. The minimum absolute atomic E-state index is 0.0800. The first-order valence-corrected chi connectivity index (χ1v) is 14.2. The Labute approximate surface area is 214 Å². The molecule has 0 bridgehead atoms. The minimum Gasteiger partial charge on any atom is -0.385 e. The monoisotopic (exact) mass is 496 g/mol. The number of rotatable bonds is 1. The molecule has 0 unspecified atom stereocenters. The van der Waals surface area contributed by atoms with Gasteiger partial charge in [0.25, 0.3) is 0 Å². The van der Waals surface area contributed by atoms with Gasteiger partial charge in [0, 0.05) is 36.0 Å². The largest absolute Gasteiger partial charge is 0.385 e. The third-order valence-corrected chi connectivity index (χ3v) is 12.4. The van der Waals surface area contributed by atoms with Crippen molar-refractivity contribution in [3.8, 4) is 0 Å². The Balaban J connectivity index is 1.30. The molecule has 0 amide bonds. The molecule has 4 saturated carbocycles. The quantitative estimate of drug-likeness (QED) is 0.576. The molecule has 3 heterocycles. The summed E-state index contributed by atoms with van der Waals surface area (Å²) in [6.07, 6.45) is 6.14. The zero-order chi connectivity index (χ0) is 24.7. The Morgan fingerprint density at radius 2 is 1.50 bits per heavy atom. The normalized spacial score (nSPS) is 53.6. The minimum atomic E-state index is -0.999. The average Bonchev–Trinajstić information content (AvgIpc) is 3.29. The molecule has 196 valence electrons. The average molecular weight is 497 g/mol. The van der Waals surface area contributed by atoms with Crippen LogP contribution in [-0.2, 0) is 29.3 Å². The van der Waals surface area contributed by atoms with Crippen molar-refractivity contribution in [1.29, 1.82) is 0 Å². The molecule has 1 aromatic rings. The van der Waals surface area contributed by atoms with E-state index in [0.717, 1.165) is 44.1 Å². The maximum atomic E-state index is 13.1. The van der Waals surface area contributed by atoms with Gasteiger partial charge in [0.1, 0.15) is 5.60 Å². The molecule has 36 heavy (non-hydrogen) atoms. The van der Waals surface area contributed by atoms with Crippen molar-refractivity contribution in [3.05, 3.63) is 35.9 Å². The molecule has 4 aliphatic carbocycles. The van der Waals surface area contributed by atoms with Crippen LogP contribution in [0.15, 0.2) is 30.3 Å². The maximum Gasteiger partial charge on any atom is 0.174 e. The Bertz CT molecular complexity index is 1080. The van der Waals surface area contributed by atoms with E-state index in [2.05, 4.69) is 45.0 Å². The highest BCUT2D eigenvalue weighted by atomic mass is 16.7. The third kappa shape index (κ3) is 2.42. The summed E-state index contributed by atoms with van der Waals surface area (Å²) in [7, 11) is 0. The van der Waals surface area contributed by atoms with Gasteiger partial charge in [-0.2, -0.15) is 0 Å². The molecule has 0 aromatic heterocycles. The number of aliphatic hydroxyl groups is 1. The maximum absolute atomic E-state index is 13.1. The molecule has 3 aliphatic heterocycles. The molecular formula is C30H40O6. The molecule has 8 rings (SSSR count). The molecule has 3 saturated heterocycles. The first kappa shape index (κ1) is 22.9. The standard InChI is InChI=1S/C30H40O6/c1-24-11-12-27(32-13-14-33-27)19-29(24)26(3,36-29)17-21-22-9-10-30(34-15-16-35-30)25(22,2)18-28(31,23(21)24)20-7-5-4-6-8-20/h4-8,21-23,31H,9-19H2,1-3H3/t21-,22-,23-,24+,25-,26-,28+,29+/m0/s1. The summed E-state index contributed by atoms with van der Waals surface area (Å²) in [6, 6.07) is 10.4. The van der Waals surface area contributed by atoms with Gasteiger partial charge >= 0.3 is 0 Å². The van der Waals surface area contributed by atoms with Crippen LogP contribution in [0.3, 0.4) is 0 Å². The van der Waals surface area contributed by atoms with E-state index < -0.39 is 17.2 Å². The van der Waals surface area contributed by atoms with Gasteiger partial charge in [-0.05, 0) is 50.0 Å². The molecule has 6 heteroatoms. The lowest BCUT2D eigenvalue weighted by Crippen LogP contribution is -2.69. The van der Waals surface area contributed by atoms with Crippen LogP contribution in [0.1, 0.15) is 71.3 Å². The molecule has 7 fully saturated rings. The van der Waals surface area contributed by atoms with E-state index in [1.807, 2.05) is 6.07 Å². The molecule has 7 aliphatic rings. The second-order valence-corrected chi connectivity index (χ2v) is 13.7. The summed E-state index contributed by atoms with van der Waals surface area (Å²) in [5, 5.41) is 13.1. The highest BCUT2D eigenvalue weighted by Gasteiger charge is 2.86. The van der Waals surface area contributed by atoms with Crippen LogP contribution < -0.4 is 0 Å². The molecule has 8 atom stereocenters. The second kappa shape index (κ2) is 6.75. The van der Waals surface area contributed by atoms with Gasteiger partial charge in [0.05, 0.1) is 37.6 Å². The smallest absolute Gasteiger partial charge is 0.174 e. The lowest BCUT2D eigenvalue weighted by Gasteiger charge is -2.66. The number of hydrogen-bond donors (Lipinski definition) is 1. The zero-order valence-electron chi connectivity index (χ0n) is 21.9. The zero-order valence-corrected chi connectivity index (χ0v) is 21.9. The molecule has 0 radical (unpaired) electrons. The van der Waals surface area contributed by atoms with Crippen molar-refractivity contribution in [2.45, 2.75) is 94.1 Å². The van der Waals surface area contributed by atoms with Gasteiger partial charge in [0.2, 0.25) is 0 Å². The van der Waals surface area contributed by atoms with Crippen LogP contribution in [0.2, 0.25) is 0 Å². The van der Waals surface area contributed by atoms with E-state index in [4.69, 9.17) is 23.7 Å². The second-order valence-electron chi connectivity index (χ2n) is 13.7. The van der Waals surface area contributed by atoms with Crippen molar-refractivity contribution in [3.63, 3.8) is 0 Å². The molecule has 6 nitrogen and oxygen atoms in total. The molecular weight excluding hydrogens is 456 g/mol. The number of benzene rings is 1. The summed E-state index contributed by atoms with van der Waals surface area (Å²) in [6.45, 7) is 9.68. The van der Waals surface area contributed by atoms with Crippen LogP contribution >= 0.6 is 0 Å². The Morgan fingerprint density at radius 1 is 0.806 bits per heavy atom. The predicted octanol–water partition coefficient (Wildman–Crippen LogP) is 4.53. The molecule has 1 aromatic carbocycles. The molecule has 1 N–H and O–H groups in total. The van der Waals surface area contributed by atoms with Crippen LogP contribution in [0.4, 0.5) is 0 Å². The van der Waals surface area contributed by atoms with E-state index >= 15 is 0 Å². The van der Waals surface area contributed by atoms with Crippen LogP contribution in [0.25, 0.3) is 0 Å². The molecule has 3 spiro atoms. The van der Waals surface area contributed by atoms with E-state index in [-0.39, 0.29) is 27.9 Å². The fourth-order valence-corrected chi connectivity index (χ4v) is 11.1. The first-order chi connectivity index (χ1) is 17.2. The van der Waals surface area contributed by atoms with Gasteiger partial charge in [-0.1, -0.05) is 44.2 Å². The van der Waals surface area contributed by atoms with Crippen LogP contribution in [-0.4, -0.2) is 54.3 Å². The van der Waals surface area contributed by atoms with Crippen LogP contribution in [0, 0.1) is 28.6 Å². The van der Waals surface area contributed by atoms with E-state index in [9.17, 15) is 5.11 Å². The number of hydrogen-bond acceptors (Lipinski definition) is 6. The summed E-state index contributed by atoms with van der Waals surface area (Å²) in [4.78, 5) is 0. The summed E-state index contributed by atoms with van der Waals surface area (Å²) in [5.41, 5.74) is -0.991. The Hall–Kier alpha value is -1.02. The fraction of sp³-hybridized carbons (Fsp3) is 0.800. The third-order valence-electron chi connectivity index (χ3n) is 12.4. The van der Waals surface area contributed by atoms with Gasteiger partial charge in [-0.15, -0.1) is 0 Å². The van der Waals surface area contributed by atoms with E-state index in [1.165, 1.54) is 0 Å². The highest BCUT2D eigenvalue weighted by molar-refractivity contribution is 5.37. The van der Waals surface area contributed by atoms with Crippen molar-refractivity contribution in [1.82, 2.24) is 0 Å². The Morgan fingerprint density at radius 3 is 2.22 bits per heavy atom.